The van der Waals surface area contributed by atoms with Crippen molar-refractivity contribution in [2.45, 2.75) is 38.5 Å². The Bertz CT molecular complexity index is 479. The molecule has 0 unspecified atom stereocenters. The van der Waals surface area contributed by atoms with E-state index in [1.165, 1.54) is 13.2 Å². The van der Waals surface area contributed by atoms with Crippen molar-refractivity contribution in [3.05, 3.63) is 35.1 Å². The first-order valence-electron chi connectivity index (χ1n) is 7.59. The number of hydrogen-bond acceptors (Lipinski definition) is 3. The largest absolute Gasteiger partial charge is 0.469 e. The minimum atomic E-state index is -0.237. The van der Waals surface area contributed by atoms with Crippen molar-refractivity contribution in [3.63, 3.8) is 0 Å². The third-order valence-electron chi connectivity index (χ3n) is 4.32. The molecule has 1 aliphatic carbocycles. The number of halogens is 1. The van der Waals surface area contributed by atoms with Crippen LogP contribution in [0.15, 0.2) is 18.2 Å². The lowest BCUT2D eigenvalue weighted by Crippen LogP contribution is -2.23. The van der Waals surface area contributed by atoms with Gasteiger partial charge in [-0.2, -0.15) is 0 Å². The minimum Gasteiger partial charge on any atom is -0.469 e. The lowest BCUT2D eigenvalue weighted by Gasteiger charge is -2.27. The highest BCUT2D eigenvalue weighted by Gasteiger charge is 2.26. The summed E-state index contributed by atoms with van der Waals surface area (Å²) in [5, 5.41) is 8.96. The molecule has 0 aliphatic heterocycles. The van der Waals surface area contributed by atoms with Gasteiger partial charge in [0.05, 0.1) is 13.0 Å². The molecule has 0 atom stereocenters. The van der Waals surface area contributed by atoms with Gasteiger partial charge < -0.3 is 9.84 Å². The topological polar surface area (TPSA) is 46.5 Å². The van der Waals surface area contributed by atoms with Gasteiger partial charge in [0.1, 0.15) is 5.82 Å². The number of esters is 1. The summed E-state index contributed by atoms with van der Waals surface area (Å²) in [6, 6.07) is 5.03. The molecule has 0 aromatic heterocycles. The third-order valence-corrected chi connectivity index (χ3v) is 4.32. The van der Waals surface area contributed by atoms with Gasteiger partial charge in [-0.1, -0.05) is 6.07 Å². The molecule has 0 saturated heterocycles. The number of carbonyl (C=O) groups is 1. The fraction of sp³-hybridized carbons (Fsp3) is 0.588. The fourth-order valence-electron chi connectivity index (χ4n) is 3.21. The Morgan fingerprint density at radius 2 is 1.90 bits per heavy atom. The van der Waals surface area contributed by atoms with E-state index in [4.69, 9.17) is 9.84 Å². The molecule has 3 nitrogen and oxygen atoms in total. The van der Waals surface area contributed by atoms with E-state index in [0.29, 0.717) is 12.3 Å². The first-order chi connectivity index (χ1) is 10.1. The van der Waals surface area contributed by atoms with E-state index in [0.717, 1.165) is 43.2 Å². The number of aliphatic hydroxyl groups is 1. The Morgan fingerprint density at radius 1 is 1.24 bits per heavy atom. The average Bonchev–Trinajstić information content (AvgIpc) is 2.47. The summed E-state index contributed by atoms with van der Waals surface area (Å²) in [5.74, 6) is 0.182. The second kappa shape index (κ2) is 7.55. The van der Waals surface area contributed by atoms with Crippen LogP contribution in [0.3, 0.4) is 0 Å². The van der Waals surface area contributed by atoms with E-state index < -0.39 is 0 Å². The highest BCUT2D eigenvalue weighted by molar-refractivity contribution is 5.72. The van der Waals surface area contributed by atoms with Crippen LogP contribution in [0.5, 0.6) is 0 Å². The molecule has 0 amide bonds. The first-order valence-corrected chi connectivity index (χ1v) is 7.59. The van der Waals surface area contributed by atoms with E-state index in [-0.39, 0.29) is 24.3 Å². The molecule has 1 N–H and O–H groups in total. The van der Waals surface area contributed by atoms with Gasteiger partial charge in [-0.15, -0.1) is 0 Å². The van der Waals surface area contributed by atoms with Crippen LogP contribution in [0.2, 0.25) is 0 Å². The molecule has 116 valence electrons. The summed E-state index contributed by atoms with van der Waals surface area (Å²) in [7, 11) is 1.43. The summed E-state index contributed by atoms with van der Waals surface area (Å²) in [5.41, 5.74) is 1.83. The summed E-state index contributed by atoms with van der Waals surface area (Å²) >= 11 is 0. The number of aliphatic hydroxyl groups excluding tert-OH is 1. The van der Waals surface area contributed by atoms with Crippen molar-refractivity contribution in [1.82, 2.24) is 0 Å². The zero-order chi connectivity index (χ0) is 15.2. The maximum Gasteiger partial charge on any atom is 0.308 e. The molecular weight excluding hydrogens is 271 g/mol. The number of rotatable bonds is 5. The molecule has 21 heavy (non-hydrogen) atoms. The molecule has 1 aromatic carbocycles. The van der Waals surface area contributed by atoms with E-state index in [1.807, 2.05) is 6.07 Å². The van der Waals surface area contributed by atoms with Crippen molar-refractivity contribution in [2.75, 3.05) is 13.7 Å². The van der Waals surface area contributed by atoms with Gasteiger partial charge in [-0.05, 0) is 67.7 Å². The second-order valence-corrected chi connectivity index (χ2v) is 5.89. The Morgan fingerprint density at radius 3 is 2.52 bits per heavy atom. The predicted molar refractivity (Wildman–Crippen MR) is 78.4 cm³/mol. The van der Waals surface area contributed by atoms with E-state index in [2.05, 4.69) is 0 Å². The number of carbonyl (C=O) groups excluding carboxylic acids is 1. The molecular formula is C17H23FO3. The Labute approximate surface area is 125 Å². The molecule has 1 fully saturated rings. The van der Waals surface area contributed by atoms with Gasteiger partial charge >= 0.3 is 5.97 Å². The maximum atomic E-state index is 13.6. The molecule has 4 heteroatoms. The summed E-state index contributed by atoms with van der Waals surface area (Å²) < 4.78 is 18.4. The highest BCUT2D eigenvalue weighted by atomic mass is 19.1. The van der Waals surface area contributed by atoms with Crippen molar-refractivity contribution in [1.29, 1.82) is 0 Å². The monoisotopic (exact) mass is 294 g/mol. The van der Waals surface area contributed by atoms with Gasteiger partial charge in [0.2, 0.25) is 0 Å². The summed E-state index contributed by atoms with van der Waals surface area (Å²) in [6.45, 7) is 0.0349. The second-order valence-electron chi connectivity index (χ2n) is 5.89. The zero-order valence-corrected chi connectivity index (χ0v) is 12.5. The third kappa shape index (κ3) is 4.53. The summed E-state index contributed by atoms with van der Waals surface area (Å²) in [4.78, 5) is 11.5. The van der Waals surface area contributed by atoms with Crippen molar-refractivity contribution in [2.24, 2.45) is 11.8 Å². The first kappa shape index (κ1) is 16.0. The summed E-state index contributed by atoms with van der Waals surface area (Å²) in [6.07, 6.45) is 4.99. The van der Waals surface area contributed by atoms with Crippen LogP contribution < -0.4 is 0 Å². The van der Waals surface area contributed by atoms with Crippen LogP contribution in [0, 0.1) is 17.7 Å². The van der Waals surface area contributed by atoms with Crippen LogP contribution in [0.1, 0.15) is 36.8 Å². The number of hydrogen-bond donors (Lipinski definition) is 1. The molecule has 1 aromatic rings. The standard InChI is InChI=1S/C17H23FO3/c1-21-17(20)15-4-2-12(3-5-15)8-14-9-13(6-7-19)10-16(18)11-14/h9-12,15,19H,2-8H2,1H3. The minimum absolute atomic E-state index is 0.0312. The average molecular weight is 294 g/mol. The maximum absolute atomic E-state index is 13.6. The Kier molecular flexibility index (Phi) is 5.74. The highest BCUT2D eigenvalue weighted by Crippen LogP contribution is 2.32. The van der Waals surface area contributed by atoms with E-state index in [1.54, 1.807) is 6.07 Å². The zero-order valence-electron chi connectivity index (χ0n) is 12.5. The van der Waals surface area contributed by atoms with Gasteiger partial charge in [0, 0.05) is 6.61 Å². The Balaban J connectivity index is 1.92. The van der Waals surface area contributed by atoms with Crippen LogP contribution in [0.4, 0.5) is 4.39 Å². The molecule has 0 bridgehead atoms. The van der Waals surface area contributed by atoms with Gasteiger partial charge in [-0.25, -0.2) is 4.39 Å². The molecule has 0 radical (unpaired) electrons. The quantitative estimate of drug-likeness (QED) is 0.849. The van der Waals surface area contributed by atoms with Gasteiger partial charge in [0.15, 0.2) is 0 Å². The predicted octanol–water partition coefficient (Wildman–Crippen LogP) is 2.88. The van der Waals surface area contributed by atoms with Crippen LogP contribution in [-0.2, 0) is 22.4 Å². The number of methoxy groups -OCH3 is 1. The number of benzene rings is 1. The molecule has 2 rings (SSSR count). The van der Waals surface area contributed by atoms with Crippen LogP contribution >= 0.6 is 0 Å². The van der Waals surface area contributed by atoms with Crippen molar-refractivity contribution >= 4 is 5.97 Å². The Hall–Kier alpha value is -1.42. The van der Waals surface area contributed by atoms with E-state index in [9.17, 15) is 9.18 Å². The normalized spacial score (nSPS) is 22.0. The lowest BCUT2D eigenvalue weighted by molar-refractivity contribution is -0.146. The lowest BCUT2D eigenvalue weighted by atomic mass is 9.79. The molecule has 1 saturated carbocycles. The molecule has 0 heterocycles. The van der Waals surface area contributed by atoms with Gasteiger partial charge in [-0.3, -0.25) is 4.79 Å². The smallest absolute Gasteiger partial charge is 0.308 e. The van der Waals surface area contributed by atoms with Crippen molar-refractivity contribution in [3.8, 4) is 0 Å². The van der Waals surface area contributed by atoms with Gasteiger partial charge in [0.25, 0.3) is 0 Å². The van der Waals surface area contributed by atoms with Crippen LogP contribution in [-0.4, -0.2) is 24.8 Å². The SMILES string of the molecule is COC(=O)C1CCC(Cc2cc(F)cc(CCO)c2)CC1. The van der Waals surface area contributed by atoms with Crippen molar-refractivity contribution < 1.29 is 19.0 Å². The fourth-order valence-corrected chi connectivity index (χ4v) is 3.21. The molecule has 1 aliphatic rings. The molecule has 0 spiro atoms. The number of ether oxygens (including phenoxy) is 1. The van der Waals surface area contributed by atoms with E-state index >= 15 is 0 Å². The van der Waals surface area contributed by atoms with Crippen LogP contribution in [0.25, 0.3) is 0 Å².